The lowest BCUT2D eigenvalue weighted by Gasteiger charge is -2.32. The number of esters is 2. The van der Waals surface area contributed by atoms with Gasteiger partial charge in [0.25, 0.3) is 0 Å². The quantitative estimate of drug-likeness (QED) is 0.497. The molecule has 1 aliphatic carbocycles. The Balaban J connectivity index is 1.92. The zero-order valence-electron chi connectivity index (χ0n) is 19.0. The number of fused-ring (bicyclic) bond motifs is 5. The number of rotatable bonds is 7. The molecule has 2 aromatic rings. The van der Waals surface area contributed by atoms with E-state index in [1.165, 1.54) is 0 Å². The molecular weight excluding hydrogens is 420 g/mol. The Kier molecular flexibility index (Phi) is 6.08. The molecule has 1 heterocycles. The van der Waals surface area contributed by atoms with Crippen LogP contribution in [-0.2, 0) is 19.8 Å². The predicted octanol–water partition coefficient (Wildman–Crippen LogP) is 3.38. The van der Waals surface area contributed by atoms with E-state index in [4.69, 9.17) is 15.2 Å². The summed E-state index contributed by atoms with van der Waals surface area (Å²) in [5.41, 5.74) is 7.72. The first kappa shape index (κ1) is 22.7. The average molecular weight is 449 g/mol. The third kappa shape index (κ3) is 3.93. The minimum absolute atomic E-state index is 0.0649. The van der Waals surface area contributed by atoms with Gasteiger partial charge in [-0.3, -0.25) is 4.79 Å². The minimum atomic E-state index is -1.24. The zero-order chi connectivity index (χ0) is 23.8. The molecular formula is C26H28N2O5. The van der Waals surface area contributed by atoms with Crippen LogP contribution in [0.1, 0.15) is 51.2 Å². The van der Waals surface area contributed by atoms with Gasteiger partial charge in [-0.2, -0.15) is 0 Å². The summed E-state index contributed by atoms with van der Waals surface area (Å²) >= 11 is 0. The third-order valence-corrected chi connectivity index (χ3v) is 6.34. The van der Waals surface area contributed by atoms with Crippen LogP contribution in [0.4, 0.5) is 0 Å². The Bertz CT molecular complexity index is 1150. The van der Waals surface area contributed by atoms with Gasteiger partial charge in [0, 0.05) is 29.8 Å². The van der Waals surface area contributed by atoms with Crippen molar-refractivity contribution in [2.45, 2.75) is 57.5 Å². The van der Waals surface area contributed by atoms with Crippen LogP contribution in [0.2, 0.25) is 0 Å². The second kappa shape index (κ2) is 8.83. The number of nitrogens with one attached hydrogen (secondary N) is 1. The summed E-state index contributed by atoms with van der Waals surface area (Å²) in [5, 5.41) is 3.54. The van der Waals surface area contributed by atoms with E-state index in [9.17, 15) is 14.4 Å². The van der Waals surface area contributed by atoms with Gasteiger partial charge in [0.15, 0.2) is 11.5 Å². The maximum Gasteiger partial charge on any atom is 0.336 e. The Morgan fingerprint density at radius 3 is 2.39 bits per heavy atom. The van der Waals surface area contributed by atoms with Crippen LogP contribution in [0, 0.1) is 0 Å². The van der Waals surface area contributed by atoms with E-state index < -0.39 is 23.3 Å². The molecule has 0 spiro atoms. The predicted molar refractivity (Wildman–Crippen MR) is 124 cm³/mol. The minimum Gasteiger partial charge on any atom is -0.419 e. The lowest BCUT2D eigenvalue weighted by molar-refractivity contribution is -0.133. The zero-order valence-corrected chi connectivity index (χ0v) is 19.0. The van der Waals surface area contributed by atoms with Crippen LogP contribution in [0.15, 0.2) is 48.6 Å². The Morgan fingerprint density at radius 2 is 1.73 bits per heavy atom. The topological polar surface area (TPSA) is 108 Å². The van der Waals surface area contributed by atoms with Crippen molar-refractivity contribution in [3.63, 3.8) is 0 Å². The van der Waals surface area contributed by atoms with E-state index in [0.717, 1.165) is 35.3 Å². The fraction of sp³-hybridized carbons (Fsp3) is 0.346. The highest BCUT2D eigenvalue weighted by Gasteiger charge is 2.51. The lowest BCUT2D eigenvalue weighted by atomic mass is 9.72. The lowest BCUT2D eigenvalue weighted by Crippen LogP contribution is -2.43. The summed E-state index contributed by atoms with van der Waals surface area (Å²) < 4.78 is 11.1. The second-order valence-corrected chi connectivity index (χ2v) is 8.77. The van der Waals surface area contributed by atoms with Crippen molar-refractivity contribution in [2.24, 2.45) is 5.73 Å². The summed E-state index contributed by atoms with van der Waals surface area (Å²) in [6, 6.07) is 11.4. The van der Waals surface area contributed by atoms with Crippen molar-refractivity contribution in [1.82, 2.24) is 5.32 Å². The van der Waals surface area contributed by atoms with Gasteiger partial charge >= 0.3 is 11.9 Å². The van der Waals surface area contributed by atoms with E-state index in [2.05, 4.69) is 26.1 Å². The molecule has 2 atom stereocenters. The maximum atomic E-state index is 13.3. The Hall–Kier alpha value is -3.45. The smallest absolute Gasteiger partial charge is 0.336 e. The van der Waals surface area contributed by atoms with Crippen molar-refractivity contribution < 1.29 is 23.9 Å². The number of amides is 1. The van der Waals surface area contributed by atoms with Gasteiger partial charge in [0.05, 0.1) is 0 Å². The van der Waals surface area contributed by atoms with Crippen LogP contribution in [0.25, 0.3) is 11.1 Å². The van der Waals surface area contributed by atoms with Crippen molar-refractivity contribution in [3.05, 3.63) is 59.7 Å². The van der Waals surface area contributed by atoms with Gasteiger partial charge in [-0.25, -0.2) is 9.59 Å². The molecule has 4 rings (SSSR count). The largest absolute Gasteiger partial charge is 0.419 e. The number of primary amides is 1. The number of ether oxygens (including phenoxy) is 2. The first-order valence-corrected chi connectivity index (χ1v) is 11.2. The van der Waals surface area contributed by atoms with E-state index >= 15 is 0 Å². The van der Waals surface area contributed by atoms with Crippen LogP contribution in [0.5, 0.6) is 11.5 Å². The SMILES string of the molecule is CCC(CCC1(C(N)=O)c2ccccc2-c2ccc3c(c21)OC(=O)/C=C\C(=O)O3)NC(C)C. The molecule has 0 bridgehead atoms. The highest BCUT2D eigenvalue weighted by molar-refractivity contribution is 6.03. The number of hydrogen-bond donors (Lipinski definition) is 2. The highest BCUT2D eigenvalue weighted by Crippen LogP contribution is 2.57. The van der Waals surface area contributed by atoms with E-state index in [1.54, 1.807) is 12.1 Å². The van der Waals surface area contributed by atoms with Gasteiger partial charge in [0.2, 0.25) is 5.91 Å². The molecule has 2 aromatic carbocycles. The molecule has 0 saturated carbocycles. The van der Waals surface area contributed by atoms with Crippen LogP contribution < -0.4 is 20.5 Å². The van der Waals surface area contributed by atoms with E-state index in [0.29, 0.717) is 18.4 Å². The fourth-order valence-corrected chi connectivity index (χ4v) is 4.94. The normalized spacial score (nSPS) is 20.6. The molecule has 1 aliphatic heterocycles. The van der Waals surface area contributed by atoms with Gasteiger partial charge in [0.1, 0.15) is 5.41 Å². The summed E-state index contributed by atoms with van der Waals surface area (Å²) in [6.07, 6.45) is 3.98. The average Bonchev–Trinajstić information content (AvgIpc) is 3.06. The fourth-order valence-electron chi connectivity index (χ4n) is 4.94. The van der Waals surface area contributed by atoms with Gasteiger partial charge < -0.3 is 20.5 Å². The first-order chi connectivity index (χ1) is 15.8. The summed E-state index contributed by atoms with van der Waals surface area (Å²) in [4.78, 5) is 37.8. The van der Waals surface area contributed by atoms with Gasteiger partial charge in [-0.05, 0) is 42.0 Å². The molecule has 2 unspecified atom stereocenters. The molecule has 0 fully saturated rings. The molecule has 0 radical (unpaired) electrons. The molecule has 2 aliphatic rings. The second-order valence-electron chi connectivity index (χ2n) is 8.77. The standard InChI is InChI=1S/C26H28N2O5/c1-4-16(28-15(2)3)13-14-26(25(27)31)19-8-6-5-7-17(19)18-9-10-20-24(23(18)26)33-22(30)12-11-21(29)32-20/h5-12,15-16,28H,4,13-14H2,1-3H3,(H2,27,31)/b12-11-. The Labute approximate surface area is 192 Å². The van der Waals surface area contributed by atoms with Crippen molar-refractivity contribution in [3.8, 4) is 22.6 Å². The number of nitrogens with two attached hydrogens (primary N) is 1. The monoisotopic (exact) mass is 448 g/mol. The highest BCUT2D eigenvalue weighted by atomic mass is 16.6. The summed E-state index contributed by atoms with van der Waals surface area (Å²) in [7, 11) is 0. The van der Waals surface area contributed by atoms with Crippen LogP contribution >= 0.6 is 0 Å². The maximum absolute atomic E-state index is 13.3. The van der Waals surface area contributed by atoms with Gasteiger partial charge in [-0.1, -0.05) is 51.1 Å². The number of hydrogen-bond acceptors (Lipinski definition) is 6. The number of benzene rings is 2. The van der Waals surface area contributed by atoms with E-state index in [1.807, 2.05) is 24.3 Å². The number of carbonyl (C=O) groups excluding carboxylic acids is 3. The number of carbonyl (C=O) groups is 3. The molecule has 3 N–H and O–H groups in total. The van der Waals surface area contributed by atoms with Crippen molar-refractivity contribution >= 4 is 17.8 Å². The van der Waals surface area contributed by atoms with Crippen molar-refractivity contribution in [1.29, 1.82) is 0 Å². The molecule has 33 heavy (non-hydrogen) atoms. The Morgan fingerprint density at radius 1 is 1.03 bits per heavy atom. The molecule has 7 heteroatoms. The molecule has 7 nitrogen and oxygen atoms in total. The van der Waals surface area contributed by atoms with Gasteiger partial charge in [-0.15, -0.1) is 0 Å². The molecule has 0 aromatic heterocycles. The van der Waals surface area contributed by atoms with Crippen LogP contribution in [-0.4, -0.2) is 29.9 Å². The summed E-state index contributed by atoms with van der Waals surface area (Å²) in [5.74, 6) is -1.80. The first-order valence-electron chi connectivity index (χ1n) is 11.2. The molecule has 172 valence electrons. The van der Waals surface area contributed by atoms with Crippen LogP contribution in [0.3, 0.4) is 0 Å². The van der Waals surface area contributed by atoms with Crippen molar-refractivity contribution in [2.75, 3.05) is 0 Å². The third-order valence-electron chi connectivity index (χ3n) is 6.34. The summed E-state index contributed by atoms with van der Waals surface area (Å²) in [6.45, 7) is 6.25. The molecule has 1 amide bonds. The molecule has 0 saturated heterocycles. The van der Waals surface area contributed by atoms with E-state index in [-0.39, 0.29) is 23.6 Å².